The molecular weight excluding hydrogens is 238 g/mol. The van der Waals surface area contributed by atoms with Gasteiger partial charge in [-0.1, -0.05) is 13.3 Å². The van der Waals surface area contributed by atoms with Crippen molar-refractivity contribution < 1.29 is 19.5 Å². The Morgan fingerprint density at radius 1 is 1.44 bits per heavy atom. The van der Waals surface area contributed by atoms with Crippen LogP contribution >= 0.6 is 0 Å². The van der Waals surface area contributed by atoms with Crippen LogP contribution in [0.2, 0.25) is 0 Å². The number of primary amides is 1. The number of hydrogen-bond donors (Lipinski definition) is 4. The van der Waals surface area contributed by atoms with E-state index < -0.39 is 23.9 Å². The lowest BCUT2D eigenvalue weighted by Crippen LogP contribution is -2.47. The van der Waals surface area contributed by atoms with Crippen LogP contribution in [-0.4, -0.2) is 35.1 Å². The van der Waals surface area contributed by atoms with Crippen LogP contribution in [0.25, 0.3) is 0 Å². The summed E-state index contributed by atoms with van der Waals surface area (Å²) in [6.45, 7) is 2.04. The zero-order chi connectivity index (χ0) is 13.7. The summed E-state index contributed by atoms with van der Waals surface area (Å²) in [6.07, 6.45) is 1.86. The van der Waals surface area contributed by atoms with Crippen LogP contribution < -0.4 is 16.4 Å². The molecule has 0 aromatic heterocycles. The molecule has 3 amide bonds. The van der Waals surface area contributed by atoms with E-state index in [4.69, 9.17) is 10.8 Å². The van der Waals surface area contributed by atoms with Crippen LogP contribution in [0, 0.1) is 5.92 Å². The molecule has 1 saturated carbocycles. The molecule has 0 radical (unpaired) electrons. The van der Waals surface area contributed by atoms with Gasteiger partial charge in [-0.3, -0.25) is 4.79 Å². The fourth-order valence-electron chi connectivity index (χ4n) is 1.79. The third-order valence-electron chi connectivity index (χ3n) is 3.05. The highest BCUT2D eigenvalue weighted by Gasteiger charge is 2.36. The molecule has 0 spiro atoms. The largest absolute Gasteiger partial charge is 0.480 e. The van der Waals surface area contributed by atoms with Crippen molar-refractivity contribution in [3.63, 3.8) is 0 Å². The average molecular weight is 257 g/mol. The summed E-state index contributed by atoms with van der Waals surface area (Å²) in [6, 6.07) is -1.45. The van der Waals surface area contributed by atoms with E-state index in [1.54, 1.807) is 0 Å². The highest BCUT2D eigenvalue weighted by Crippen LogP contribution is 2.32. The molecule has 18 heavy (non-hydrogen) atoms. The van der Waals surface area contributed by atoms with Crippen molar-refractivity contribution in [2.75, 3.05) is 0 Å². The number of carboxylic acid groups (broad SMARTS) is 1. The van der Waals surface area contributed by atoms with Crippen LogP contribution in [0.4, 0.5) is 4.79 Å². The molecule has 0 bridgehead atoms. The molecule has 102 valence electrons. The van der Waals surface area contributed by atoms with Gasteiger partial charge in [0.2, 0.25) is 5.91 Å². The van der Waals surface area contributed by atoms with Gasteiger partial charge in [0, 0.05) is 12.5 Å². The SMILES string of the molecule is CCC1CC1NC(=O)N[C@@H](CCC(N)=O)C(=O)O. The van der Waals surface area contributed by atoms with E-state index in [0.29, 0.717) is 5.92 Å². The fraction of sp³-hybridized carbons (Fsp3) is 0.727. The predicted molar refractivity (Wildman–Crippen MR) is 63.7 cm³/mol. The molecule has 7 nitrogen and oxygen atoms in total. The lowest BCUT2D eigenvalue weighted by Gasteiger charge is -2.14. The number of hydrogen-bond acceptors (Lipinski definition) is 3. The van der Waals surface area contributed by atoms with Crippen molar-refractivity contribution in [1.82, 2.24) is 10.6 Å². The van der Waals surface area contributed by atoms with Crippen molar-refractivity contribution in [2.45, 2.75) is 44.7 Å². The van der Waals surface area contributed by atoms with Crippen molar-refractivity contribution in [1.29, 1.82) is 0 Å². The summed E-state index contributed by atoms with van der Waals surface area (Å²) >= 11 is 0. The number of nitrogens with two attached hydrogens (primary N) is 1. The van der Waals surface area contributed by atoms with E-state index in [-0.39, 0.29) is 18.9 Å². The monoisotopic (exact) mass is 257 g/mol. The standard InChI is InChI=1S/C11H19N3O4/c1-2-6-5-8(6)14-11(18)13-7(10(16)17)3-4-9(12)15/h6-8H,2-5H2,1H3,(H2,12,15)(H,16,17)(H2,13,14,18)/t6?,7-,8?/m0/s1. The van der Waals surface area contributed by atoms with E-state index in [2.05, 4.69) is 10.6 Å². The van der Waals surface area contributed by atoms with Crippen LogP contribution in [-0.2, 0) is 9.59 Å². The van der Waals surface area contributed by atoms with Crippen LogP contribution in [0.5, 0.6) is 0 Å². The molecule has 1 fully saturated rings. The second-order valence-electron chi connectivity index (χ2n) is 4.52. The Bertz CT molecular complexity index is 345. The Morgan fingerprint density at radius 3 is 2.56 bits per heavy atom. The maximum atomic E-state index is 11.5. The molecule has 3 atom stereocenters. The molecule has 0 heterocycles. The van der Waals surface area contributed by atoms with Crippen LogP contribution in [0.1, 0.15) is 32.6 Å². The minimum absolute atomic E-state index is 0.0000400. The summed E-state index contributed by atoms with van der Waals surface area (Å²) < 4.78 is 0. The number of carboxylic acids is 1. The number of urea groups is 1. The molecule has 5 N–H and O–H groups in total. The van der Waals surface area contributed by atoms with E-state index in [1.807, 2.05) is 6.92 Å². The van der Waals surface area contributed by atoms with Gasteiger partial charge in [-0.05, 0) is 18.8 Å². The van der Waals surface area contributed by atoms with E-state index in [0.717, 1.165) is 12.8 Å². The molecule has 0 saturated heterocycles. The van der Waals surface area contributed by atoms with Crippen molar-refractivity contribution in [3.8, 4) is 0 Å². The summed E-state index contributed by atoms with van der Waals surface area (Å²) in [5, 5.41) is 13.9. The van der Waals surface area contributed by atoms with E-state index in [1.165, 1.54) is 0 Å². The molecule has 7 heteroatoms. The van der Waals surface area contributed by atoms with Gasteiger partial charge in [0.05, 0.1) is 0 Å². The first-order valence-corrected chi connectivity index (χ1v) is 6.02. The zero-order valence-electron chi connectivity index (χ0n) is 10.3. The smallest absolute Gasteiger partial charge is 0.326 e. The van der Waals surface area contributed by atoms with Gasteiger partial charge in [0.25, 0.3) is 0 Å². The molecule has 1 rings (SSSR count). The van der Waals surface area contributed by atoms with Crippen LogP contribution in [0.15, 0.2) is 0 Å². The number of nitrogens with one attached hydrogen (secondary N) is 2. The second kappa shape index (κ2) is 6.23. The average Bonchev–Trinajstić information content (AvgIpc) is 3.01. The first-order chi connectivity index (χ1) is 8.43. The maximum absolute atomic E-state index is 11.5. The summed E-state index contributed by atoms with van der Waals surface area (Å²) in [7, 11) is 0. The van der Waals surface area contributed by atoms with Crippen LogP contribution in [0.3, 0.4) is 0 Å². The fourth-order valence-corrected chi connectivity index (χ4v) is 1.79. The number of rotatable bonds is 7. The number of carbonyl (C=O) groups is 3. The van der Waals surface area contributed by atoms with Crippen molar-refractivity contribution in [3.05, 3.63) is 0 Å². The van der Waals surface area contributed by atoms with Crippen molar-refractivity contribution >= 4 is 17.9 Å². The van der Waals surface area contributed by atoms with E-state index >= 15 is 0 Å². The molecular formula is C11H19N3O4. The minimum atomic E-state index is -1.17. The first kappa shape index (κ1) is 14.3. The number of amides is 3. The highest BCUT2D eigenvalue weighted by molar-refractivity contribution is 5.83. The third kappa shape index (κ3) is 4.60. The summed E-state index contributed by atoms with van der Waals surface area (Å²) in [5.41, 5.74) is 4.94. The Hall–Kier alpha value is -1.79. The van der Waals surface area contributed by atoms with Gasteiger partial charge in [-0.2, -0.15) is 0 Å². The topological polar surface area (TPSA) is 122 Å². The number of aliphatic carboxylic acids is 1. The normalized spacial score (nSPS) is 22.9. The maximum Gasteiger partial charge on any atom is 0.326 e. The molecule has 0 aromatic carbocycles. The summed E-state index contributed by atoms with van der Waals surface area (Å²) in [4.78, 5) is 33.0. The van der Waals surface area contributed by atoms with Gasteiger partial charge in [0.15, 0.2) is 0 Å². The quantitative estimate of drug-likeness (QED) is 0.504. The highest BCUT2D eigenvalue weighted by atomic mass is 16.4. The predicted octanol–water partition coefficient (Wildman–Crippen LogP) is -0.197. The third-order valence-corrected chi connectivity index (χ3v) is 3.05. The van der Waals surface area contributed by atoms with Gasteiger partial charge in [-0.15, -0.1) is 0 Å². The molecule has 1 aliphatic rings. The van der Waals surface area contributed by atoms with Gasteiger partial charge >= 0.3 is 12.0 Å². The molecule has 2 unspecified atom stereocenters. The lowest BCUT2D eigenvalue weighted by molar-refractivity contribution is -0.139. The lowest BCUT2D eigenvalue weighted by atomic mass is 10.1. The molecule has 0 aliphatic heterocycles. The minimum Gasteiger partial charge on any atom is -0.480 e. The van der Waals surface area contributed by atoms with Gasteiger partial charge in [0.1, 0.15) is 6.04 Å². The van der Waals surface area contributed by atoms with Gasteiger partial charge < -0.3 is 21.5 Å². The Labute approximate surface area is 105 Å². The van der Waals surface area contributed by atoms with Crippen molar-refractivity contribution in [2.24, 2.45) is 11.7 Å². The Morgan fingerprint density at radius 2 is 2.11 bits per heavy atom. The Kier molecular flexibility index (Phi) is 4.94. The Balaban J connectivity index is 2.33. The molecule has 0 aromatic rings. The number of carbonyl (C=O) groups excluding carboxylic acids is 2. The van der Waals surface area contributed by atoms with Gasteiger partial charge in [-0.25, -0.2) is 9.59 Å². The first-order valence-electron chi connectivity index (χ1n) is 6.02. The summed E-state index contributed by atoms with van der Waals surface area (Å²) in [5.74, 6) is -1.27. The van der Waals surface area contributed by atoms with E-state index in [9.17, 15) is 14.4 Å². The molecule has 1 aliphatic carbocycles. The second-order valence-corrected chi connectivity index (χ2v) is 4.52. The zero-order valence-corrected chi connectivity index (χ0v) is 10.3.